The predicted molar refractivity (Wildman–Crippen MR) is 116 cm³/mol. The third-order valence-corrected chi connectivity index (χ3v) is 5.88. The van der Waals surface area contributed by atoms with Gasteiger partial charge < -0.3 is 20.4 Å². The number of nitrogens with one attached hydrogen (secondary N) is 2. The predicted octanol–water partition coefficient (Wildman–Crippen LogP) is 3.75. The number of nitrogens with zero attached hydrogens (tertiary/aromatic N) is 2. The number of rotatable bonds is 7. The summed E-state index contributed by atoms with van der Waals surface area (Å²) in [4.78, 5) is 16.3. The van der Waals surface area contributed by atoms with Crippen molar-refractivity contribution in [1.29, 1.82) is 0 Å². The van der Waals surface area contributed by atoms with Crippen LogP contribution in [-0.4, -0.2) is 48.1 Å². The number of carbonyl (C=O) groups excluding carboxylic acids is 1. The van der Waals surface area contributed by atoms with Gasteiger partial charge in [0.25, 0.3) is 0 Å². The van der Waals surface area contributed by atoms with E-state index in [0.29, 0.717) is 11.5 Å². The van der Waals surface area contributed by atoms with Gasteiger partial charge in [-0.1, -0.05) is 13.3 Å². The molecule has 0 spiro atoms. The number of hydrogen-bond acceptors (Lipinski definition) is 3. The SMILES string of the molecule is CCC1CCCCN1CCCNC(=S)Nc1ccc(N2CCCC2=O)cc1. The van der Waals surface area contributed by atoms with E-state index in [1.807, 2.05) is 29.2 Å². The van der Waals surface area contributed by atoms with Gasteiger partial charge in [-0.05, 0) is 75.1 Å². The zero-order valence-electron chi connectivity index (χ0n) is 16.4. The van der Waals surface area contributed by atoms with Gasteiger partial charge in [0.15, 0.2) is 5.11 Å². The maximum absolute atomic E-state index is 11.8. The van der Waals surface area contributed by atoms with Gasteiger partial charge in [-0.3, -0.25) is 4.79 Å². The van der Waals surface area contributed by atoms with Crippen molar-refractivity contribution < 1.29 is 4.79 Å². The summed E-state index contributed by atoms with van der Waals surface area (Å²) in [5.41, 5.74) is 1.92. The summed E-state index contributed by atoms with van der Waals surface area (Å²) >= 11 is 5.41. The molecule has 1 amide bonds. The van der Waals surface area contributed by atoms with Crippen molar-refractivity contribution in [2.75, 3.05) is 36.4 Å². The third kappa shape index (κ3) is 5.66. The molecule has 148 valence electrons. The topological polar surface area (TPSA) is 47.6 Å². The maximum atomic E-state index is 11.8. The normalized spacial score (nSPS) is 20.7. The second-order valence-corrected chi connectivity index (χ2v) is 7.93. The van der Waals surface area contributed by atoms with Gasteiger partial charge in [0.2, 0.25) is 5.91 Å². The first kappa shape index (κ1) is 20.1. The maximum Gasteiger partial charge on any atom is 0.227 e. The fraction of sp³-hybridized carbons (Fsp3) is 0.619. The Balaban J connectivity index is 1.37. The zero-order chi connectivity index (χ0) is 19.1. The Kier molecular flexibility index (Phi) is 7.47. The minimum atomic E-state index is 0.215. The molecule has 2 N–H and O–H groups in total. The Hall–Kier alpha value is -1.66. The lowest BCUT2D eigenvalue weighted by Gasteiger charge is -2.35. The lowest BCUT2D eigenvalue weighted by atomic mass is 10.00. The molecule has 27 heavy (non-hydrogen) atoms. The summed E-state index contributed by atoms with van der Waals surface area (Å²) in [5, 5.41) is 7.20. The van der Waals surface area contributed by atoms with Crippen LogP contribution in [-0.2, 0) is 4.79 Å². The molecule has 6 heteroatoms. The summed E-state index contributed by atoms with van der Waals surface area (Å²) in [6, 6.07) is 8.69. The van der Waals surface area contributed by atoms with Crippen LogP contribution in [0.3, 0.4) is 0 Å². The molecular weight excluding hydrogens is 356 g/mol. The van der Waals surface area contributed by atoms with Gasteiger partial charge in [-0.2, -0.15) is 0 Å². The molecule has 3 rings (SSSR count). The Labute approximate surface area is 168 Å². The molecule has 0 aromatic heterocycles. The molecule has 2 fully saturated rings. The van der Waals surface area contributed by atoms with Gasteiger partial charge in [-0.15, -0.1) is 0 Å². The van der Waals surface area contributed by atoms with E-state index in [-0.39, 0.29) is 5.91 Å². The van der Waals surface area contributed by atoms with Crippen molar-refractivity contribution in [3.63, 3.8) is 0 Å². The molecule has 1 aromatic carbocycles. The van der Waals surface area contributed by atoms with Crippen LogP contribution in [0.2, 0.25) is 0 Å². The van der Waals surface area contributed by atoms with E-state index in [0.717, 1.165) is 49.9 Å². The van der Waals surface area contributed by atoms with Gasteiger partial charge in [-0.25, -0.2) is 0 Å². The van der Waals surface area contributed by atoms with E-state index < -0.39 is 0 Å². The third-order valence-electron chi connectivity index (χ3n) is 5.64. The van der Waals surface area contributed by atoms with Crippen LogP contribution in [0, 0.1) is 0 Å². The minimum Gasteiger partial charge on any atom is -0.362 e. The molecule has 0 radical (unpaired) electrons. The number of carbonyl (C=O) groups is 1. The van der Waals surface area contributed by atoms with Gasteiger partial charge >= 0.3 is 0 Å². The number of hydrogen-bond donors (Lipinski definition) is 2. The van der Waals surface area contributed by atoms with Gasteiger partial charge in [0, 0.05) is 43.5 Å². The largest absolute Gasteiger partial charge is 0.362 e. The minimum absolute atomic E-state index is 0.215. The Bertz CT molecular complexity index is 634. The van der Waals surface area contributed by atoms with Crippen LogP contribution in [0.5, 0.6) is 0 Å². The van der Waals surface area contributed by atoms with E-state index in [9.17, 15) is 4.79 Å². The number of benzene rings is 1. The van der Waals surface area contributed by atoms with Crippen LogP contribution >= 0.6 is 12.2 Å². The highest BCUT2D eigenvalue weighted by Gasteiger charge is 2.21. The molecule has 0 saturated carbocycles. The van der Waals surface area contributed by atoms with Crippen LogP contribution in [0.1, 0.15) is 51.9 Å². The fourth-order valence-corrected chi connectivity index (χ4v) is 4.34. The molecule has 2 aliphatic heterocycles. The zero-order valence-corrected chi connectivity index (χ0v) is 17.2. The number of thiocarbonyl (C=S) groups is 1. The average Bonchev–Trinajstić information content (AvgIpc) is 3.12. The Morgan fingerprint density at radius 1 is 1.19 bits per heavy atom. The fourth-order valence-electron chi connectivity index (χ4n) is 4.12. The first-order valence-electron chi connectivity index (χ1n) is 10.4. The van der Waals surface area contributed by atoms with E-state index in [1.165, 1.54) is 32.2 Å². The molecule has 0 bridgehead atoms. The average molecular weight is 389 g/mol. The van der Waals surface area contributed by atoms with Crippen molar-refractivity contribution in [1.82, 2.24) is 10.2 Å². The lowest BCUT2D eigenvalue weighted by Crippen LogP contribution is -2.40. The molecule has 1 unspecified atom stereocenters. The van der Waals surface area contributed by atoms with Crippen molar-refractivity contribution >= 4 is 34.6 Å². The summed E-state index contributed by atoms with van der Waals surface area (Å²) < 4.78 is 0. The second kappa shape index (κ2) is 10.0. The molecule has 5 nitrogen and oxygen atoms in total. The van der Waals surface area contributed by atoms with Crippen LogP contribution < -0.4 is 15.5 Å². The molecule has 2 aliphatic rings. The van der Waals surface area contributed by atoms with E-state index in [1.54, 1.807) is 0 Å². The molecule has 0 aliphatic carbocycles. The van der Waals surface area contributed by atoms with Gasteiger partial charge in [0.1, 0.15) is 0 Å². The summed E-state index contributed by atoms with van der Waals surface area (Å²) in [7, 11) is 0. The molecule has 1 atom stereocenters. The lowest BCUT2D eigenvalue weighted by molar-refractivity contribution is -0.117. The number of amides is 1. The molecule has 2 heterocycles. The van der Waals surface area contributed by atoms with Crippen LogP contribution in [0.15, 0.2) is 24.3 Å². The summed E-state index contributed by atoms with van der Waals surface area (Å²) in [5.74, 6) is 0.215. The highest BCUT2D eigenvalue weighted by atomic mass is 32.1. The monoisotopic (exact) mass is 388 g/mol. The van der Waals surface area contributed by atoms with E-state index >= 15 is 0 Å². The van der Waals surface area contributed by atoms with Crippen molar-refractivity contribution in [2.24, 2.45) is 0 Å². The first-order valence-corrected chi connectivity index (χ1v) is 10.8. The summed E-state index contributed by atoms with van der Waals surface area (Å²) in [6.07, 6.45) is 8.03. The second-order valence-electron chi connectivity index (χ2n) is 7.52. The number of piperidine rings is 1. The molecule has 1 aromatic rings. The van der Waals surface area contributed by atoms with Crippen molar-refractivity contribution in [3.8, 4) is 0 Å². The highest BCUT2D eigenvalue weighted by Crippen LogP contribution is 2.23. The van der Waals surface area contributed by atoms with E-state index in [4.69, 9.17) is 12.2 Å². The Morgan fingerprint density at radius 3 is 2.70 bits per heavy atom. The number of likely N-dealkylation sites (tertiary alicyclic amines) is 1. The standard InChI is InChI=1S/C21H32N4OS/c1-2-18-7-3-4-14-24(18)15-6-13-22-21(27)23-17-9-11-19(12-10-17)25-16-5-8-20(25)26/h9-12,18H,2-8,13-16H2,1H3,(H2,22,23,27). The van der Waals surface area contributed by atoms with Crippen LogP contribution in [0.25, 0.3) is 0 Å². The molecule has 2 saturated heterocycles. The van der Waals surface area contributed by atoms with Crippen molar-refractivity contribution in [3.05, 3.63) is 24.3 Å². The van der Waals surface area contributed by atoms with Crippen molar-refractivity contribution in [2.45, 2.75) is 57.9 Å². The molecular formula is C21H32N4OS. The highest BCUT2D eigenvalue weighted by molar-refractivity contribution is 7.80. The smallest absolute Gasteiger partial charge is 0.227 e. The van der Waals surface area contributed by atoms with Gasteiger partial charge in [0.05, 0.1) is 0 Å². The number of anilines is 2. The quantitative estimate of drug-likeness (QED) is 0.550. The van der Waals surface area contributed by atoms with Crippen LogP contribution in [0.4, 0.5) is 11.4 Å². The summed E-state index contributed by atoms with van der Waals surface area (Å²) in [6.45, 7) is 6.39. The Morgan fingerprint density at radius 2 is 2.00 bits per heavy atom. The van der Waals surface area contributed by atoms with E-state index in [2.05, 4.69) is 22.5 Å². The first-order chi connectivity index (χ1) is 13.2.